The quantitative estimate of drug-likeness (QED) is 0.854. The maximum atomic E-state index is 13.2. The zero-order valence-electron chi connectivity index (χ0n) is 12.0. The van der Waals surface area contributed by atoms with E-state index in [1.54, 1.807) is 19.2 Å². The lowest BCUT2D eigenvalue weighted by Gasteiger charge is -2.12. The average Bonchev–Trinajstić information content (AvgIpc) is 2.49. The molecule has 2 aromatic rings. The van der Waals surface area contributed by atoms with Gasteiger partial charge in [-0.25, -0.2) is 4.39 Å². The summed E-state index contributed by atoms with van der Waals surface area (Å²) < 4.78 is 24.7. The molecular formula is C16H17BrFNO2. The maximum absolute atomic E-state index is 13.2. The van der Waals surface area contributed by atoms with Crippen LogP contribution in [0.4, 0.5) is 4.39 Å². The Morgan fingerprint density at radius 3 is 2.52 bits per heavy atom. The van der Waals surface area contributed by atoms with Crippen LogP contribution in [-0.4, -0.2) is 14.2 Å². The lowest BCUT2D eigenvalue weighted by molar-refractivity contribution is 0.284. The molecule has 5 heteroatoms. The summed E-state index contributed by atoms with van der Waals surface area (Å²) in [6, 6.07) is 10.6. The van der Waals surface area contributed by atoms with Gasteiger partial charge in [0.1, 0.15) is 12.4 Å². The fourth-order valence-electron chi connectivity index (χ4n) is 1.94. The van der Waals surface area contributed by atoms with Gasteiger partial charge in [0.2, 0.25) is 0 Å². The van der Waals surface area contributed by atoms with E-state index in [1.165, 1.54) is 6.07 Å². The van der Waals surface area contributed by atoms with Crippen molar-refractivity contribution < 1.29 is 13.9 Å². The summed E-state index contributed by atoms with van der Waals surface area (Å²) in [7, 11) is 3.50. The number of hydrogen-bond acceptors (Lipinski definition) is 3. The molecule has 0 aliphatic rings. The first kappa shape index (κ1) is 15.8. The molecule has 0 aromatic heterocycles. The van der Waals surface area contributed by atoms with E-state index in [0.29, 0.717) is 22.6 Å². The molecule has 0 bridgehead atoms. The van der Waals surface area contributed by atoms with Gasteiger partial charge < -0.3 is 14.8 Å². The second-order valence-electron chi connectivity index (χ2n) is 4.55. The molecule has 2 rings (SSSR count). The van der Waals surface area contributed by atoms with Gasteiger partial charge in [0.05, 0.1) is 11.6 Å². The van der Waals surface area contributed by atoms with Crippen molar-refractivity contribution in [1.82, 2.24) is 5.32 Å². The number of benzene rings is 2. The molecule has 21 heavy (non-hydrogen) atoms. The third kappa shape index (κ3) is 4.19. The van der Waals surface area contributed by atoms with Crippen molar-refractivity contribution in [2.75, 3.05) is 14.2 Å². The molecule has 2 aromatic carbocycles. The smallest absolute Gasteiger partial charge is 0.161 e. The molecule has 0 heterocycles. The fourth-order valence-corrected chi connectivity index (χ4v) is 2.36. The molecule has 3 nitrogen and oxygen atoms in total. The van der Waals surface area contributed by atoms with Crippen molar-refractivity contribution in [1.29, 1.82) is 0 Å². The Kier molecular flexibility index (Phi) is 5.59. The maximum Gasteiger partial charge on any atom is 0.161 e. The zero-order chi connectivity index (χ0) is 15.2. The van der Waals surface area contributed by atoms with Gasteiger partial charge in [-0.2, -0.15) is 0 Å². The van der Waals surface area contributed by atoms with Crippen LogP contribution in [0, 0.1) is 5.82 Å². The molecule has 0 fully saturated rings. The van der Waals surface area contributed by atoms with Gasteiger partial charge in [-0.15, -0.1) is 0 Å². The first-order valence-corrected chi connectivity index (χ1v) is 7.31. The van der Waals surface area contributed by atoms with E-state index in [-0.39, 0.29) is 5.82 Å². The van der Waals surface area contributed by atoms with E-state index in [2.05, 4.69) is 21.2 Å². The number of methoxy groups -OCH3 is 1. The van der Waals surface area contributed by atoms with Crippen molar-refractivity contribution in [3.8, 4) is 11.5 Å². The minimum atomic E-state index is -0.285. The van der Waals surface area contributed by atoms with Gasteiger partial charge in [0.15, 0.2) is 11.5 Å². The minimum absolute atomic E-state index is 0.285. The molecule has 0 amide bonds. The van der Waals surface area contributed by atoms with Gasteiger partial charge in [0.25, 0.3) is 0 Å². The Morgan fingerprint density at radius 1 is 1.10 bits per heavy atom. The average molecular weight is 354 g/mol. The van der Waals surface area contributed by atoms with Gasteiger partial charge in [0, 0.05) is 6.54 Å². The highest BCUT2D eigenvalue weighted by atomic mass is 79.9. The van der Waals surface area contributed by atoms with Crippen molar-refractivity contribution in [3.63, 3.8) is 0 Å². The number of nitrogens with one attached hydrogen (secondary N) is 1. The van der Waals surface area contributed by atoms with Crippen LogP contribution in [0.15, 0.2) is 40.9 Å². The molecule has 0 saturated carbocycles. The number of ether oxygens (including phenoxy) is 2. The van der Waals surface area contributed by atoms with Gasteiger partial charge in [-0.05, 0) is 58.4 Å². The van der Waals surface area contributed by atoms with Crippen LogP contribution in [-0.2, 0) is 13.2 Å². The molecule has 0 aliphatic carbocycles. The topological polar surface area (TPSA) is 30.5 Å². The summed E-state index contributed by atoms with van der Waals surface area (Å²) in [5, 5.41) is 3.09. The minimum Gasteiger partial charge on any atom is -0.493 e. The van der Waals surface area contributed by atoms with E-state index in [9.17, 15) is 4.39 Å². The van der Waals surface area contributed by atoms with Crippen molar-refractivity contribution in [3.05, 3.63) is 57.8 Å². The summed E-state index contributed by atoms with van der Waals surface area (Å²) in [6.07, 6.45) is 0. The second kappa shape index (κ2) is 7.43. The van der Waals surface area contributed by atoms with Crippen LogP contribution >= 0.6 is 15.9 Å². The number of halogens is 2. The van der Waals surface area contributed by atoms with Crippen LogP contribution in [0.1, 0.15) is 11.1 Å². The summed E-state index contributed by atoms with van der Waals surface area (Å²) in [5.74, 6) is 1.06. The molecule has 0 radical (unpaired) electrons. The van der Waals surface area contributed by atoms with Crippen molar-refractivity contribution in [2.45, 2.75) is 13.2 Å². The fraction of sp³-hybridized carbons (Fsp3) is 0.250. The number of rotatable bonds is 6. The molecule has 0 saturated heterocycles. The Bertz CT molecular complexity index is 619. The predicted octanol–water partition coefficient (Wildman–Crippen LogP) is 3.90. The monoisotopic (exact) mass is 353 g/mol. The predicted molar refractivity (Wildman–Crippen MR) is 84.2 cm³/mol. The summed E-state index contributed by atoms with van der Waals surface area (Å²) in [6.45, 7) is 1.10. The van der Waals surface area contributed by atoms with Crippen LogP contribution < -0.4 is 14.8 Å². The third-order valence-corrected chi connectivity index (χ3v) is 3.59. The Labute approximate surface area is 132 Å². The van der Waals surface area contributed by atoms with Crippen LogP contribution in [0.3, 0.4) is 0 Å². The van der Waals surface area contributed by atoms with Crippen molar-refractivity contribution in [2.24, 2.45) is 0 Å². The van der Waals surface area contributed by atoms with Crippen LogP contribution in [0.25, 0.3) is 0 Å². The van der Waals surface area contributed by atoms with E-state index >= 15 is 0 Å². The Morgan fingerprint density at radius 2 is 1.86 bits per heavy atom. The zero-order valence-corrected chi connectivity index (χ0v) is 13.5. The molecule has 0 spiro atoms. The van der Waals surface area contributed by atoms with E-state index in [0.717, 1.165) is 17.7 Å². The van der Waals surface area contributed by atoms with E-state index in [1.807, 2.05) is 25.2 Å². The van der Waals surface area contributed by atoms with Gasteiger partial charge in [-0.3, -0.25) is 0 Å². The summed E-state index contributed by atoms with van der Waals surface area (Å²) in [4.78, 5) is 0. The van der Waals surface area contributed by atoms with E-state index < -0.39 is 0 Å². The highest BCUT2D eigenvalue weighted by Gasteiger charge is 2.07. The van der Waals surface area contributed by atoms with Gasteiger partial charge >= 0.3 is 0 Å². The normalized spacial score (nSPS) is 10.5. The molecule has 112 valence electrons. The van der Waals surface area contributed by atoms with Crippen molar-refractivity contribution >= 4 is 15.9 Å². The third-order valence-electron chi connectivity index (χ3n) is 2.99. The summed E-state index contributed by atoms with van der Waals surface area (Å²) in [5.41, 5.74) is 1.98. The SMILES string of the molecule is CNCc1ccc(OC)c(OCc2ccc(F)c(Br)c2)c1. The lowest BCUT2D eigenvalue weighted by Crippen LogP contribution is -2.06. The molecule has 1 N–H and O–H groups in total. The molecule has 0 aliphatic heterocycles. The molecule has 0 atom stereocenters. The molecule has 0 unspecified atom stereocenters. The van der Waals surface area contributed by atoms with Crippen LogP contribution in [0.5, 0.6) is 11.5 Å². The number of hydrogen-bond donors (Lipinski definition) is 1. The first-order valence-electron chi connectivity index (χ1n) is 6.52. The Hall–Kier alpha value is -1.59. The van der Waals surface area contributed by atoms with Crippen LogP contribution in [0.2, 0.25) is 0 Å². The van der Waals surface area contributed by atoms with Gasteiger partial charge in [-0.1, -0.05) is 12.1 Å². The largest absolute Gasteiger partial charge is 0.493 e. The highest BCUT2D eigenvalue weighted by molar-refractivity contribution is 9.10. The summed E-state index contributed by atoms with van der Waals surface area (Å²) >= 11 is 3.17. The lowest BCUT2D eigenvalue weighted by atomic mass is 10.2. The van der Waals surface area contributed by atoms with E-state index in [4.69, 9.17) is 9.47 Å². The Balaban J connectivity index is 2.13. The molecular weight excluding hydrogens is 337 g/mol. The second-order valence-corrected chi connectivity index (χ2v) is 5.41. The highest BCUT2D eigenvalue weighted by Crippen LogP contribution is 2.29. The first-order chi connectivity index (χ1) is 10.1. The standard InChI is InChI=1S/C16H17BrFNO2/c1-19-9-11-4-6-15(20-2)16(8-11)21-10-12-3-5-14(18)13(17)7-12/h3-8,19H,9-10H2,1-2H3.